The Morgan fingerprint density at radius 3 is 2.55 bits per heavy atom. The van der Waals surface area contributed by atoms with Crippen molar-refractivity contribution in [3.05, 3.63) is 59.4 Å². The molecule has 3 N–H and O–H groups in total. The molecule has 0 bridgehead atoms. The van der Waals surface area contributed by atoms with Gasteiger partial charge in [-0.25, -0.2) is 9.97 Å². The number of benzene rings is 2. The molecule has 0 aliphatic heterocycles. The standard InChI is InChI=1S/C22H23N5O2/c1-22(2,28)13-9-7-12(8-10-13)15-11-16(15)19-25-20-14-5-4-6-17(29-3)18(14)24-21(23)27(20)26-19/h4-10,15-16,28H,11H2,1-3H3,(H2,23,24)/t15-,16+/m0/s1. The zero-order valence-corrected chi connectivity index (χ0v) is 16.6. The van der Waals surface area contributed by atoms with Gasteiger partial charge in [0, 0.05) is 11.3 Å². The number of para-hydroxylation sites is 1. The van der Waals surface area contributed by atoms with Crippen LogP contribution in [0, 0.1) is 0 Å². The number of nitrogens with two attached hydrogens (primary N) is 1. The highest BCUT2D eigenvalue weighted by Gasteiger charge is 2.42. The van der Waals surface area contributed by atoms with E-state index in [1.807, 2.05) is 30.3 Å². The molecule has 0 unspecified atom stereocenters. The summed E-state index contributed by atoms with van der Waals surface area (Å²) < 4.78 is 7.03. The number of aromatic nitrogens is 4. The van der Waals surface area contributed by atoms with Crippen LogP contribution in [0.25, 0.3) is 16.6 Å². The number of hydrogen-bond acceptors (Lipinski definition) is 6. The van der Waals surface area contributed by atoms with Gasteiger partial charge in [-0.2, -0.15) is 4.52 Å². The average Bonchev–Trinajstić information content (AvgIpc) is 3.37. The molecular formula is C22H23N5O2. The van der Waals surface area contributed by atoms with Crippen molar-refractivity contribution in [2.45, 2.75) is 37.7 Å². The van der Waals surface area contributed by atoms with Crippen molar-refractivity contribution in [2.24, 2.45) is 0 Å². The summed E-state index contributed by atoms with van der Waals surface area (Å²) in [6.45, 7) is 3.58. The zero-order chi connectivity index (χ0) is 20.3. The summed E-state index contributed by atoms with van der Waals surface area (Å²) in [6.07, 6.45) is 0.993. The molecule has 1 saturated carbocycles. The van der Waals surface area contributed by atoms with E-state index in [1.165, 1.54) is 5.56 Å². The smallest absolute Gasteiger partial charge is 0.223 e. The van der Waals surface area contributed by atoms with E-state index in [0.717, 1.165) is 23.2 Å². The molecule has 0 saturated heterocycles. The molecule has 1 fully saturated rings. The molecule has 4 aromatic rings. The van der Waals surface area contributed by atoms with Crippen molar-refractivity contribution >= 4 is 22.5 Å². The van der Waals surface area contributed by atoms with E-state index in [9.17, 15) is 5.11 Å². The van der Waals surface area contributed by atoms with Crippen LogP contribution in [0.5, 0.6) is 5.75 Å². The highest BCUT2D eigenvalue weighted by Crippen LogP contribution is 2.53. The van der Waals surface area contributed by atoms with Gasteiger partial charge in [0.05, 0.1) is 12.7 Å². The topological polar surface area (TPSA) is 98.6 Å². The molecule has 5 rings (SSSR count). The molecule has 2 heterocycles. The highest BCUT2D eigenvalue weighted by molar-refractivity contribution is 5.95. The molecule has 7 nitrogen and oxygen atoms in total. The number of fused-ring (bicyclic) bond motifs is 3. The van der Waals surface area contributed by atoms with E-state index in [4.69, 9.17) is 15.5 Å². The molecule has 0 radical (unpaired) electrons. The second-order valence-electron chi connectivity index (χ2n) is 8.16. The van der Waals surface area contributed by atoms with Gasteiger partial charge < -0.3 is 15.6 Å². The van der Waals surface area contributed by atoms with Crippen LogP contribution in [0.15, 0.2) is 42.5 Å². The number of rotatable bonds is 4. The third kappa shape index (κ3) is 2.89. The number of methoxy groups -OCH3 is 1. The summed E-state index contributed by atoms with van der Waals surface area (Å²) >= 11 is 0. The monoisotopic (exact) mass is 389 g/mol. The number of aliphatic hydroxyl groups is 1. The maximum Gasteiger partial charge on any atom is 0.223 e. The Kier molecular flexibility index (Phi) is 3.79. The molecule has 7 heteroatoms. The molecule has 2 atom stereocenters. The quantitative estimate of drug-likeness (QED) is 0.555. The first-order chi connectivity index (χ1) is 13.9. The summed E-state index contributed by atoms with van der Waals surface area (Å²) in [4.78, 5) is 9.28. The largest absolute Gasteiger partial charge is 0.494 e. The fraction of sp³-hybridized carbons (Fsp3) is 0.318. The molecule has 1 aliphatic rings. The van der Waals surface area contributed by atoms with Crippen molar-refractivity contribution in [1.82, 2.24) is 19.6 Å². The van der Waals surface area contributed by atoms with Gasteiger partial charge in [-0.3, -0.25) is 0 Å². The molecule has 2 aromatic heterocycles. The van der Waals surface area contributed by atoms with Gasteiger partial charge in [-0.05, 0) is 49.4 Å². The van der Waals surface area contributed by atoms with E-state index in [0.29, 0.717) is 28.8 Å². The van der Waals surface area contributed by atoms with Crippen LogP contribution in [-0.4, -0.2) is 31.8 Å². The Morgan fingerprint density at radius 2 is 1.86 bits per heavy atom. The van der Waals surface area contributed by atoms with Gasteiger partial charge in [-0.1, -0.05) is 30.3 Å². The second-order valence-corrected chi connectivity index (χ2v) is 8.16. The Bertz CT molecular complexity index is 1220. The molecule has 29 heavy (non-hydrogen) atoms. The van der Waals surface area contributed by atoms with Gasteiger partial charge in [0.2, 0.25) is 5.95 Å². The maximum absolute atomic E-state index is 10.1. The van der Waals surface area contributed by atoms with E-state index in [1.54, 1.807) is 25.5 Å². The lowest BCUT2D eigenvalue weighted by atomic mass is 9.96. The van der Waals surface area contributed by atoms with Crippen LogP contribution in [0.1, 0.15) is 49.1 Å². The number of hydrogen-bond donors (Lipinski definition) is 2. The van der Waals surface area contributed by atoms with Crippen molar-refractivity contribution in [3.8, 4) is 5.75 Å². The summed E-state index contributed by atoms with van der Waals surface area (Å²) in [5.74, 6) is 2.37. The van der Waals surface area contributed by atoms with Crippen LogP contribution < -0.4 is 10.5 Å². The van der Waals surface area contributed by atoms with E-state index in [-0.39, 0.29) is 5.92 Å². The van der Waals surface area contributed by atoms with Gasteiger partial charge in [0.1, 0.15) is 11.3 Å². The molecule has 2 aromatic carbocycles. The first-order valence-corrected chi connectivity index (χ1v) is 9.68. The summed E-state index contributed by atoms with van der Waals surface area (Å²) in [5.41, 5.74) is 8.85. The molecular weight excluding hydrogens is 366 g/mol. The Balaban J connectivity index is 1.51. The molecule has 0 spiro atoms. The molecule has 148 valence electrons. The summed E-state index contributed by atoms with van der Waals surface area (Å²) in [6, 6.07) is 13.9. The fourth-order valence-electron chi connectivity index (χ4n) is 3.95. The van der Waals surface area contributed by atoms with Crippen LogP contribution in [0.4, 0.5) is 5.95 Å². The minimum atomic E-state index is -0.836. The first kappa shape index (κ1) is 17.9. The summed E-state index contributed by atoms with van der Waals surface area (Å²) in [7, 11) is 1.62. The Labute approximate surface area is 168 Å². The van der Waals surface area contributed by atoms with Gasteiger partial charge in [-0.15, -0.1) is 5.10 Å². The third-order valence-corrected chi connectivity index (χ3v) is 5.69. The van der Waals surface area contributed by atoms with E-state index in [2.05, 4.69) is 22.2 Å². The number of nitrogens with zero attached hydrogens (tertiary/aromatic N) is 4. The first-order valence-electron chi connectivity index (χ1n) is 9.68. The van der Waals surface area contributed by atoms with Crippen LogP contribution in [-0.2, 0) is 5.60 Å². The minimum Gasteiger partial charge on any atom is -0.494 e. The van der Waals surface area contributed by atoms with Crippen molar-refractivity contribution in [1.29, 1.82) is 0 Å². The van der Waals surface area contributed by atoms with Crippen LogP contribution >= 0.6 is 0 Å². The lowest BCUT2D eigenvalue weighted by Gasteiger charge is -2.17. The lowest BCUT2D eigenvalue weighted by Crippen LogP contribution is -2.15. The normalized spacial score (nSPS) is 19.0. The van der Waals surface area contributed by atoms with Gasteiger partial charge >= 0.3 is 0 Å². The lowest BCUT2D eigenvalue weighted by molar-refractivity contribution is 0.0786. The Hall–Kier alpha value is -3.19. The average molecular weight is 389 g/mol. The van der Waals surface area contributed by atoms with E-state index < -0.39 is 5.60 Å². The maximum atomic E-state index is 10.1. The van der Waals surface area contributed by atoms with Crippen molar-refractivity contribution in [2.75, 3.05) is 12.8 Å². The SMILES string of the molecule is COc1cccc2c1nc(N)n1nc([C@@H]3C[C@H]3c3ccc(C(C)(C)O)cc3)nc21. The Morgan fingerprint density at radius 1 is 1.10 bits per heavy atom. The predicted octanol–water partition coefficient (Wildman–Crippen LogP) is 3.37. The number of anilines is 1. The summed E-state index contributed by atoms with van der Waals surface area (Å²) in [5, 5.41) is 15.7. The molecule has 1 aliphatic carbocycles. The highest BCUT2D eigenvalue weighted by atomic mass is 16.5. The minimum absolute atomic E-state index is 0.253. The van der Waals surface area contributed by atoms with Gasteiger partial charge in [0.15, 0.2) is 11.5 Å². The fourth-order valence-corrected chi connectivity index (χ4v) is 3.95. The van der Waals surface area contributed by atoms with E-state index >= 15 is 0 Å². The predicted molar refractivity (Wildman–Crippen MR) is 111 cm³/mol. The van der Waals surface area contributed by atoms with Crippen LogP contribution in [0.3, 0.4) is 0 Å². The van der Waals surface area contributed by atoms with Crippen molar-refractivity contribution < 1.29 is 9.84 Å². The zero-order valence-electron chi connectivity index (χ0n) is 16.6. The van der Waals surface area contributed by atoms with Crippen LogP contribution in [0.2, 0.25) is 0 Å². The third-order valence-electron chi connectivity index (χ3n) is 5.69. The van der Waals surface area contributed by atoms with Crippen molar-refractivity contribution in [3.63, 3.8) is 0 Å². The second kappa shape index (κ2) is 6.15. The van der Waals surface area contributed by atoms with Gasteiger partial charge in [0.25, 0.3) is 0 Å². The molecule has 0 amide bonds. The number of nitrogen functional groups attached to an aromatic ring is 1. The number of ether oxygens (including phenoxy) is 1.